The van der Waals surface area contributed by atoms with Gasteiger partial charge in [0.15, 0.2) is 5.96 Å². The van der Waals surface area contributed by atoms with Crippen LogP contribution in [0.4, 0.5) is 0 Å². The first kappa shape index (κ1) is 23.7. The maximum Gasteiger partial charge on any atom is 0.191 e. The molecule has 0 saturated heterocycles. The molecule has 148 valence electrons. The van der Waals surface area contributed by atoms with Gasteiger partial charge in [-0.05, 0) is 43.0 Å². The third kappa shape index (κ3) is 8.90. The summed E-state index contributed by atoms with van der Waals surface area (Å²) in [5.74, 6) is 0.806. The molecule has 0 unspecified atom stereocenters. The molecule has 1 heterocycles. The number of hydrogen-bond donors (Lipinski definition) is 2. The molecule has 0 radical (unpaired) electrons. The van der Waals surface area contributed by atoms with E-state index in [9.17, 15) is 0 Å². The summed E-state index contributed by atoms with van der Waals surface area (Å²) in [5, 5.41) is 7.16. The van der Waals surface area contributed by atoms with Gasteiger partial charge < -0.3 is 15.4 Å². The van der Waals surface area contributed by atoms with Crippen LogP contribution in [-0.4, -0.2) is 30.6 Å². The number of aliphatic imine (C=N–C) groups is 1. The fourth-order valence-electron chi connectivity index (χ4n) is 2.45. The molecule has 0 saturated carbocycles. The Balaban J connectivity index is 0.00000364. The van der Waals surface area contributed by atoms with Gasteiger partial charge in [0.2, 0.25) is 0 Å². The second kappa shape index (κ2) is 13.7. The average Bonchev–Trinajstić information content (AvgIpc) is 2.66. The highest BCUT2D eigenvalue weighted by Crippen LogP contribution is 2.11. The van der Waals surface area contributed by atoms with Crippen LogP contribution in [0.1, 0.15) is 30.5 Å². The van der Waals surface area contributed by atoms with Crippen molar-refractivity contribution in [3.8, 4) is 0 Å². The summed E-state index contributed by atoms with van der Waals surface area (Å²) in [7, 11) is 0. The molecule has 0 aliphatic rings. The SMILES string of the molecule is CCNC(=NCc1ccccc1COCC)NCCc1ccc(Cl)nc1.I. The van der Waals surface area contributed by atoms with Crippen molar-refractivity contribution in [2.75, 3.05) is 19.7 Å². The van der Waals surface area contributed by atoms with Crippen molar-refractivity contribution >= 4 is 41.5 Å². The standard InChI is InChI=1S/C20H27ClN4O.HI/c1-3-22-20(23-12-11-16-9-10-19(21)24-13-16)25-14-17-7-5-6-8-18(17)15-26-4-2;/h5-10,13H,3-4,11-12,14-15H2,1-2H3,(H2,22,23,25);1H. The first-order chi connectivity index (χ1) is 12.7. The smallest absolute Gasteiger partial charge is 0.191 e. The van der Waals surface area contributed by atoms with Crippen molar-refractivity contribution in [1.82, 2.24) is 15.6 Å². The van der Waals surface area contributed by atoms with Crippen LogP contribution in [0.2, 0.25) is 5.15 Å². The van der Waals surface area contributed by atoms with Gasteiger partial charge in [-0.2, -0.15) is 0 Å². The van der Waals surface area contributed by atoms with Crippen LogP contribution >= 0.6 is 35.6 Å². The van der Waals surface area contributed by atoms with Crippen LogP contribution in [0, 0.1) is 0 Å². The zero-order valence-corrected chi connectivity index (χ0v) is 19.0. The van der Waals surface area contributed by atoms with E-state index in [1.54, 1.807) is 6.20 Å². The Morgan fingerprint density at radius 2 is 1.89 bits per heavy atom. The third-order valence-electron chi connectivity index (χ3n) is 3.83. The monoisotopic (exact) mass is 502 g/mol. The first-order valence-corrected chi connectivity index (χ1v) is 9.37. The molecule has 2 rings (SSSR count). The van der Waals surface area contributed by atoms with Crippen LogP contribution in [-0.2, 0) is 24.3 Å². The topological polar surface area (TPSA) is 58.5 Å². The molecular weight excluding hydrogens is 475 g/mol. The molecular formula is C20H28ClIN4O. The van der Waals surface area contributed by atoms with E-state index in [-0.39, 0.29) is 24.0 Å². The summed E-state index contributed by atoms with van der Waals surface area (Å²) < 4.78 is 5.54. The molecule has 0 atom stereocenters. The lowest BCUT2D eigenvalue weighted by Crippen LogP contribution is -2.38. The van der Waals surface area contributed by atoms with E-state index < -0.39 is 0 Å². The van der Waals surface area contributed by atoms with Gasteiger partial charge in [-0.15, -0.1) is 24.0 Å². The number of nitrogens with zero attached hydrogens (tertiary/aromatic N) is 2. The van der Waals surface area contributed by atoms with E-state index in [2.05, 4.69) is 34.7 Å². The molecule has 2 N–H and O–H groups in total. The van der Waals surface area contributed by atoms with E-state index in [0.29, 0.717) is 24.9 Å². The van der Waals surface area contributed by atoms with Crippen molar-refractivity contribution in [1.29, 1.82) is 0 Å². The van der Waals surface area contributed by atoms with E-state index in [1.807, 2.05) is 31.2 Å². The maximum absolute atomic E-state index is 5.82. The van der Waals surface area contributed by atoms with Crippen molar-refractivity contribution in [3.63, 3.8) is 0 Å². The summed E-state index contributed by atoms with van der Waals surface area (Å²) in [6.07, 6.45) is 2.66. The Hall–Kier alpha value is -1.38. The van der Waals surface area contributed by atoms with Crippen molar-refractivity contribution < 1.29 is 4.74 Å². The number of aromatic nitrogens is 1. The number of nitrogens with one attached hydrogen (secondary N) is 2. The Morgan fingerprint density at radius 1 is 1.11 bits per heavy atom. The predicted molar refractivity (Wildman–Crippen MR) is 123 cm³/mol. The predicted octanol–water partition coefficient (Wildman–Crippen LogP) is 4.19. The van der Waals surface area contributed by atoms with E-state index in [4.69, 9.17) is 21.3 Å². The molecule has 2 aromatic rings. The number of guanidine groups is 1. The van der Waals surface area contributed by atoms with Gasteiger partial charge in [0.1, 0.15) is 5.15 Å². The summed E-state index contributed by atoms with van der Waals surface area (Å²) in [6.45, 7) is 7.59. The molecule has 0 aliphatic carbocycles. The summed E-state index contributed by atoms with van der Waals surface area (Å²) in [4.78, 5) is 8.80. The van der Waals surface area contributed by atoms with Gasteiger partial charge in [-0.25, -0.2) is 9.98 Å². The van der Waals surface area contributed by atoms with Gasteiger partial charge in [-0.3, -0.25) is 0 Å². The van der Waals surface area contributed by atoms with Crippen LogP contribution in [0.25, 0.3) is 0 Å². The molecule has 1 aromatic heterocycles. The minimum Gasteiger partial charge on any atom is -0.377 e. The third-order valence-corrected chi connectivity index (χ3v) is 4.05. The first-order valence-electron chi connectivity index (χ1n) is 9.00. The van der Waals surface area contributed by atoms with Crippen LogP contribution < -0.4 is 10.6 Å². The highest BCUT2D eigenvalue weighted by Gasteiger charge is 2.03. The highest BCUT2D eigenvalue weighted by molar-refractivity contribution is 14.0. The number of rotatable bonds is 9. The lowest BCUT2D eigenvalue weighted by atomic mass is 10.1. The molecule has 0 aliphatic heterocycles. The Kier molecular flexibility index (Phi) is 12.0. The molecule has 0 fully saturated rings. The van der Waals surface area contributed by atoms with Crippen LogP contribution in [0.3, 0.4) is 0 Å². The zero-order chi connectivity index (χ0) is 18.6. The van der Waals surface area contributed by atoms with Crippen molar-refractivity contribution in [2.45, 2.75) is 33.4 Å². The average molecular weight is 503 g/mol. The molecule has 27 heavy (non-hydrogen) atoms. The minimum atomic E-state index is 0. The highest BCUT2D eigenvalue weighted by atomic mass is 127. The van der Waals surface area contributed by atoms with Crippen LogP contribution in [0.15, 0.2) is 47.6 Å². The lowest BCUT2D eigenvalue weighted by molar-refractivity contribution is 0.133. The second-order valence-corrected chi connectivity index (χ2v) is 6.15. The van der Waals surface area contributed by atoms with Gasteiger partial charge in [0.05, 0.1) is 13.2 Å². The Bertz CT molecular complexity index is 695. The second-order valence-electron chi connectivity index (χ2n) is 5.77. The summed E-state index contributed by atoms with van der Waals surface area (Å²) in [6, 6.07) is 12.1. The fraction of sp³-hybridized carbons (Fsp3) is 0.400. The zero-order valence-electron chi connectivity index (χ0n) is 15.9. The molecule has 7 heteroatoms. The van der Waals surface area contributed by atoms with Gasteiger partial charge >= 0.3 is 0 Å². The molecule has 0 amide bonds. The van der Waals surface area contributed by atoms with E-state index >= 15 is 0 Å². The number of halogens is 2. The van der Waals surface area contributed by atoms with Crippen molar-refractivity contribution in [3.05, 3.63) is 64.4 Å². The Morgan fingerprint density at radius 3 is 2.56 bits per heavy atom. The molecule has 0 bridgehead atoms. The summed E-state index contributed by atoms with van der Waals surface area (Å²) in [5.41, 5.74) is 3.50. The quantitative estimate of drug-likeness (QED) is 0.234. The largest absolute Gasteiger partial charge is 0.377 e. The van der Waals surface area contributed by atoms with Gasteiger partial charge in [0.25, 0.3) is 0 Å². The number of pyridine rings is 1. The molecule has 0 spiro atoms. The molecule has 5 nitrogen and oxygen atoms in total. The van der Waals surface area contributed by atoms with Crippen LogP contribution in [0.5, 0.6) is 0 Å². The Labute approximate surface area is 184 Å². The normalized spacial score (nSPS) is 11.0. The lowest BCUT2D eigenvalue weighted by Gasteiger charge is -2.12. The summed E-state index contributed by atoms with van der Waals surface area (Å²) >= 11 is 5.82. The minimum absolute atomic E-state index is 0. The van der Waals surface area contributed by atoms with E-state index in [0.717, 1.165) is 31.0 Å². The molecule has 1 aromatic carbocycles. The van der Waals surface area contributed by atoms with E-state index in [1.165, 1.54) is 11.1 Å². The van der Waals surface area contributed by atoms with Gasteiger partial charge in [-0.1, -0.05) is 41.9 Å². The van der Waals surface area contributed by atoms with Gasteiger partial charge in [0, 0.05) is 25.9 Å². The van der Waals surface area contributed by atoms with Crippen molar-refractivity contribution in [2.24, 2.45) is 4.99 Å². The number of benzene rings is 1. The number of ether oxygens (including phenoxy) is 1. The number of hydrogen-bond acceptors (Lipinski definition) is 3. The fourth-order valence-corrected chi connectivity index (χ4v) is 2.56. The maximum atomic E-state index is 5.82.